The van der Waals surface area contributed by atoms with E-state index in [0.29, 0.717) is 12.4 Å². The molecule has 1 aliphatic heterocycles. The van der Waals surface area contributed by atoms with Crippen molar-refractivity contribution in [2.45, 2.75) is 37.5 Å². The van der Waals surface area contributed by atoms with Crippen LogP contribution in [0.1, 0.15) is 6.92 Å². The molecule has 0 aromatic carbocycles. The standard InChI is InChI=1S/C9H15N5O3.2C2HF3O2/c1-3(15)6(16)4-2-11-7-5(12-4)8(17)14-9(10)13-7;2*3-2(4,5)1(6)7/h3-4,6,12,15-16H,2H2,1H3,(H4,10,11,13,14,17);2*(H,6,7)/t3-,4+,6-;;/m0../s1/i9+1,10+1,13+1,14+1;;. The summed E-state index contributed by atoms with van der Waals surface area (Å²) in [6, 6.07) is -0.464. The number of carboxylic acid groups (broad SMARTS) is 2. The average molecular weight is 473 g/mol. The van der Waals surface area contributed by atoms with Crippen LogP contribution in [0.5, 0.6) is 0 Å². The fraction of sp³-hybridized carbons (Fsp3) is 0.538. The third kappa shape index (κ3) is 9.38. The number of aromatic amines is 1. The van der Waals surface area contributed by atoms with Gasteiger partial charge in [0.05, 0.1) is 12.1 Å². The number of nitrogen functional groups attached to an aromatic ring is 1. The first-order valence-electron chi connectivity index (χ1n) is 7.74. The molecule has 1 aromatic rings. The van der Waals surface area contributed by atoms with Crippen LogP contribution in [-0.4, -0.2) is 79.5 Å². The summed E-state index contributed by atoms with van der Waals surface area (Å²) in [7, 11) is 0. The predicted molar refractivity (Wildman–Crippen MR) is 90.2 cm³/mol. The fourth-order valence-electron chi connectivity index (χ4n) is 1.74. The Balaban J connectivity index is 0.000000536. The van der Waals surface area contributed by atoms with E-state index >= 15 is 0 Å². The van der Waals surface area contributed by atoms with Crippen molar-refractivity contribution in [3.05, 3.63) is 10.4 Å². The van der Waals surface area contributed by atoms with Crippen LogP contribution in [0.15, 0.2) is 4.79 Å². The van der Waals surface area contributed by atoms with Crippen molar-refractivity contribution in [1.29, 1.82) is 0 Å². The number of carboxylic acids is 2. The number of aromatic nitrogens is 2. The number of anilines is 3. The first-order chi connectivity index (χ1) is 13.9. The highest BCUT2D eigenvalue weighted by atomic mass is 19.4. The first-order valence-corrected chi connectivity index (χ1v) is 7.74. The summed E-state index contributed by atoms with van der Waals surface area (Å²) in [5.41, 5.74) is 5.20. The highest BCUT2D eigenvalue weighted by Crippen LogP contribution is 2.21. The summed E-state index contributed by atoms with van der Waals surface area (Å²) >= 11 is 0. The van der Waals surface area contributed by atoms with Crippen LogP contribution in [-0.2, 0) is 9.59 Å². The largest absolute Gasteiger partial charge is 0.490 e. The zero-order valence-electron chi connectivity index (χ0n) is 15.2. The van der Waals surface area contributed by atoms with E-state index in [1.54, 1.807) is 0 Å². The average Bonchev–Trinajstić information content (AvgIpc) is 2.60. The molecule has 1 aromatic heterocycles. The van der Waals surface area contributed by atoms with E-state index in [-0.39, 0.29) is 11.6 Å². The molecule has 0 aliphatic carbocycles. The van der Waals surface area contributed by atoms with Gasteiger partial charge in [-0.15, -0.1) is 0 Å². The summed E-state index contributed by atoms with van der Waals surface area (Å²) in [5.74, 6) is -5.14. The molecule has 0 radical (unpaired) electrons. The van der Waals surface area contributed by atoms with Gasteiger partial charge in [0, 0.05) is 6.54 Å². The van der Waals surface area contributed by atoms with Gasteiger partial charge in [0.1, 0.15) is 11.8 Å². The molecule has 3 atom stereocenters. The van der Waals surface area contributed by atoms with Crippen LogP contribution in [0.25, 0.3) is 0 Å². The molecular formula is C13H17F6N5O7. The summed E-state index contributed by atoms with van der Waals surface area (Å²) in [6.45, 7) is 1.82. The number of carbonyl (C=O) groups is 2. The molecule has 0 spiro atoms. The lowest BCUT2D eigenvalue weighted by Gasteiger charge is -2.31. The summed E-state index contributed by atoms with van der Waals surface area (Å²) < 4.78 is 63.5. The van der Waals surface area contributed by atoms with Crippen LogP contribution < -0.4 is 21.9 Å². The van der Waals surface area contributed by atoms with Gasteiger partial charge < -0.3 is 36.8 Å². The summed E-state index contributed by atoms with van der Waals surface area (Å²) in [4.78, 5) is 35.7. The minimum absolute atomic E-state index is 0.0255. The van der Waals surface area contributed by atoms with Gasteiger partial charge in [0.25, 0.3) is 5.56 Å². The molecule has 0 amide bonds. The van der Waals surface area contributed by atoms with Crippen molar-refractivity contribution >= 4 is 29.4 Å². The Labute approximate surface area is 167 Å². The van der Waals surface area contributed by atoms with E-state index in [1.165, 1.54) is 6.92 Å². The minimum atomic E-state index is -5.08. The Bertz CT molecular complexity index is 802. The fourth-order valence-corrected chi connectivity index (χ4v) is 1.74. The third-order valence-corrected chi connectivity index (χ3v) is 3.15. The molecule has 0 saturated carbocycles. The maximum absolute atomic E-state index is 11.6. The van der Waals surface area contributed by atoms with Crippen molar-refractivity contribution in [2.75, 3.05) is 22.9 Å². The number of hydrogen-bond donors (Lipinski definition) is 8. The second kappa shape index (κ2) is 10.7. The number of nitrogens with one attached hydrogen (secondary N) is 3. The maximum Gasteiger partial charge on any atom is 0.490 e. The monoisotopic (exact) mass is 473 g/mol. The number of alkyl halides is 6. The van der Waals surface area contributed by atoms with Crippen LogP contribution in [0.2, 0.25) is 0 Å². The number of rotatable bonds is 2. The smallest absolute Gasteiger partial charge is 0.475 e. The van der Waals surface area contributed by atoms with E-state index in [0.717, 1.165) is 0 Å². The number of nitrogens with two attached hydrogens (primary N) is 1. The highest BCUT2D eigenvalue weighted by molar-refractivity contribution is 5.73. The maximum atomic E-state index is 11.6. The molecule has 2 heterocycles. The lowest BCUT2D eigenvalue weighted by molar-refractivity contribution is -0.193. The minimum Gasteiger partial charge on any atom is -0.475 e. The summed E-state index contributed by atoms with van der Waals surface area (Å²) in [5, 5.41) is 39.0. The molecule has 18 heteroatoms. The SMILES string of the molecule is C[C@H](O)[C@H](O)[C@H]1CNc2[15n][13c]([15NH2])[15nH]c(=O)c2N1.O=C(O)C(F)(F)F.O=C(O)C(F)(F)F. The molecule has 0 bridgehead atoms. The van der Waals surface area contributed by atoms with Gasteiger partial charge in [-0.25, -0.2) is 9.59 Å². The van der Waals surface area contributed by atoms with Gasteiger partial charge in [-0.1, -0.05) is 0 Å². The Hall–Kier alpha value is -3.28. The Morgan fingerprint density at radius 2 is 1.52 bits per heavy atom. The van der Waals surface area contributed by atoms with Gasteiger partial charge >= 0.3 is 24.3 Å². The lowest BCUT2D eigenvalue weighted by atomic mass is 10.1. The lowest BCUT2D eigenvalue weighted by Crippen LogP contribution is -2.48. The van der Waals surface area contributed by atoms with E-state index < -0.39 is 48.1 Å². The normalized spacial score (nSPS) is 17.1. The summed E-state index contributed by atoms with van der Waals surface area (Å²) in [6.07, 6.45) is -12.0. The highest BCUT2D eigenvalue weighted by Gasteiger charge is 2.38. The van der Waals surface area contributed by atoms with Crippen molar-refractivity contribution in [3.8, 4) is 0 Å². The first kappa shape index (κ1) is 27.7. The zero-order chi connectivity index (χ0) is 24.7. The molecule has 178 valence electrons. The Morgan fingerprint density at radius 3 is 1.87 bits per heavy atom. The van der Waals surface area contributed by atoms with E-state index in [2.05, 4.69) is 20.6 Å². The molecule has 0 fully saturated rings. The van der Waals surface area contributed by atoms with E-state index in [1.807, 2.05) is 0 Å². The van der Waals surface area contributed by atoms with Gasteiger partial charge in [0.2, 0.25) is 5.95 Å². The number of halogens is 6. The quantitative estimate of drug-likeness (QED) is 0.204. The van der Waals surface area contributed by atoms with Crippen molar-refractivity contribution < 1.29 is 56.4 Å². The molecule has 2 rings (SSSR count). The number of hydrogen-bond acceptors (Lipinski definition) is 9. The number of aliphatic carboxylic acids is 2. The Morgan fingerprint density at radius 1 is 1.10 bits per heavy atom. The molecule has 9 N–H and O–H groups in total. The number of fused-ring (bicyclic) bond motifs is 1. The van der Waals surface area contributed by atoms with Crippen LogP contribution in [0.3, 0.4) is 0 Å². The van der Waals surface area contributed by atoms with E-state index in [4.69, 9.17) is 25.5 Å². The third-order valence-electron chi connectivity index (χ3n) is 3.15. The molecule has 31 heavy (non-hydrogen) atoms. The second-order valence-corrected chi connectivity index (χ2v) is 5.64. The second-order valence-electron chi connectivity index (χ2n) is 5.64. The predicted octanol–water partition coefficient (Wildman–Crippen LogP) is -0.434. The van der Waals surface area contributed by atoms with Gasteiger partial charge in [-0.3, -0.25) is 9.78 Å². The molecule has 12 nitrogen and oxygen atoms in total. The van der Waals surface area contributed by atoms with E-state index in [9.17, 15) is 41.4 Å². The molecule has 0 unspecified atom stereocenters. The number of aliphatic hydroxyl groups excluding tert-OH is 2. The van der Waals surface area contributed by atoms with Crippen LogP contribution in [0.4, 0.5) is 43.8 Å². The van der Waals surface area contributed by atoms with Gasteiger partial charge in [0.15, 0.2) is 5.82 Å². The molecule has 1 aliphatic rings. The Kier molecular flexibility index (Phi) is 9.53. The van der Waals surface area contributed by atoms with Gasteiger partial charge in [-0.05, 0) is 6.92 Å². The van der Waals surface area contributed by atoms with Crippen molar-refractivity contribution in [3.63, 3.8) is 0 Å². The molecule has 0 saturated heterocycles. The van der Waals surface area contributed by atoms with Gasteiger partial charge in [-0.2, -0.15) is 31.3 Å². The van der Waals surface area contributed by atoms with Crippen molar-refractivity contribution in [2.24, 2.45) is 0 Å². The topological polar surface area (TPSA) is 211 Å². The number of nitrogens with zero attached hydrogens (tertiary/aromatic N) is 1. The van der Waals surface area contributed by atoms with Crippen molar-refractivity contribution in [1.82, 2.24) is 9.97 Å². The number of aliphatic hydroxyl groups is 2. The van der Waals surface area contributed by atoms with Crippen LogP contribution >= 0.6 is 0 Å². The molecular weight excluding hydrogens is 456 g/mol. The zero-order valence-corrected chi connectivity index (χ0v) is 15.2. The van der Waals surface area contributed by atoms with Crippen LogP contribution in [0, 0.1) is 0 Å². The number of H-pyrrole nitrogens is 1.